The summed E-state index contributed by atoms with van der Waals surface area (Å²) in [5.41, 5.74) is 2.38. The molecule has 1 radical (unpaired) electrons. The number of rotatable bonds is 2. The third kappa shape index (κ3) is 4.38. The van der Waals surface area contributed by atoms with Gasteiger partial charge in [0.05, 0.1) is 10.8 Å². The summed E-state index contributed by atoms with van der Waals surface area (Å²) >= 11 is 0. The Bertz CT molecular complexity index is 955. The minimum atomic E-state index is 0. The Morgan fingerprint density at radius 2 is 0.963 bits per heavy atom. The number of benzene rings is 2. The maximum absolute atomic E-state index is 4.24. The van der Waals surface area contributed by atoms with E-state index in [-0.39, 0.29) is 17.1 Å². The number of aromatic hydroxyl groups is 2. The predicted molar refractivity (Wildman–Crippen MR) is 105 cm³/mol. The minimum Gasteiger partial charge on any atom is -0.580 e. The predicted octanol–water partition coefficient (Wildman–Crippen LogP) is 3.07. The van der Waals surface area contributed by atoms with Crippen LogP contribution in [-0.2, 0) is 31.2 Å². The van der Waals surface area contributed by atoms with Gasteiger partial charge < -0.3 is 9.47 Å². The summed E-state index contributed by atoms with van der Waals surface area (Å²) in [6.45, 7) is 0. The molecular weight excluding hydrogens is 388 g/mol. The molecular formula is C22H26CuN2O2+4. The van der Waals surface area contributed by atoms with Crippen molar-refractivity contribution in [2.24, 2.45) is 14.1 Å². The minimum absolute atomic E-state index is 0. The van der Waals surface area contributed by atoms with Crippen LogP contribution in [-0.4, -0.2) is 23.7 Å². The molecule has 4 rings (SSSR count). The van der Waals surface area contributed by atoms with E-state index in [1.165, 1.54) is 21.8 Å². The van der Waals surface area contributed by atoms with E-state index in [0.717, 1.165) is 11.5 Å². The molecule has 2 aromatic carbocycles. The number of nitrogens with zero attached hydrogens (tertiary/aromatic N) is 2. The van der Waals surface area contributed by atoms with Crippen LogP contribution in [0.1, 0.15) is 0 Å². The van der Waals surface area contributed by atoms with Gasteiger partial charge in [-0.05, 0) is 24.3 Å². The molecule has 143 valence electrons. The molecule has 0 fully saturated rings. The molecule has 4 aromatic rings. The van der Waals surface area contributed by atoms with Gasteiger partial charge >= 0.3 is 22.5 Å². The zero-order chi connectivity index (χ0) is 18.5. The molecule has 0 saturated carbocycles. The summed E-state index contributed by atoms with van der Waals surface area (Å²) in [5, 5.41) is 2.46. The van der Waals surface area contributed by atoms with Crippen LogP contribution in [0.3, 0.4) is 0 Å². The molecule has 0 saturated heterocycles. The summed E-state index contributed by atoms with van der Waals surface area (Å²) in [7, 11) is 7.72. The molecule has 0 aliphatic rings. The number of ether oxygens (including phenoxy) is 2. The number of para-hydroxylation sites is 2. The Balaban J connectivity index is 0.000000187. The van der Waals surface area contributed by atoms with E-state index >= 15 is 0 Å². The molecule has 0 unspecified atom stereocenters. The number of fused-ring (bicyclic) bond motifs is 2. The number of aromatic nitrogens is 2. The number of hydrogen-bond donors (Lipinski definition) is 0. The first kappa shape index (κ1) is 20.7. The van der Waals surface area contributed by atoms with Crippen LogP contribution in [0.2, 0.25) is 0 Å². The third-order valence-corrected chi connectivity index (χ3v) is 4.45. The molecule has 2 N–H and O–H groups in total. The zero-order valence-corrected chi connectivity index (χ0v) is 17.0. The van der Waals surface area contributed by atoms with Gasteiger partial charge in [-0.25, -0.2) is 0 Å². The van der Waals surface area contributed by atoms with Crippen LogP contribution in [0.15, 0.2) is 73.1 Å². The van der Waals surface area contributed by atoms with Crippen LogP contribution in [0.4, 0.5) is 0 Å². The van der Waals surface area contributed by atoms with E-state index in [1.54, 1.807) is 0 Å². The Morgan fingerprint density at radius 3 is 1.33 bits per heavy atom. The van der Waals surface area contributed by atoms with E-state index < -0.39 is 0 Å². The van der Waals surface area contributed by atoms with Gasteiger partial charge in [0, 0.05) is 41.3 Å². The van der Waals surface area contributed by atoms with Crippen molar-refractivity contribution in [1.29, 1.82) is 0 Å². The first-order valence-corrected chi connectivity index (χ1v) is 8.60. The standard InChI is InChI=1S/2C11H12NO.Cu/c2*1-12-8-4-6-9-5-3-7-10(13-2)11(9)12;/h2*3-8H,1-2H3;/q2*+1;/p+2. The van der Waals surface area contributed by atoms with Crippen LogP contribution >= 0.6 is 0 Å². The topological polar surface area (TPSA) is 33.4 Å². The number of pyridine rings is 2. The SMILES string of the molecule is C[OH+]c1cccc2ccc[n+](C)c12.C[OH+]c1cccc2ccc[n+](C)c12.[Cu]. The van der Waals surface area contributed by atoms with Gasteiger partial charge in [-0.3, -0.25) is 0 Å². The first-order valence-electron chi connectivity index (χ1n) is 8.60. The molecule has 2 heterocycles. The van der Waals surface area contributed by atoms with Crippen molar-refractivity contribution in [2.45, 2.75) is 0 Å². The van der Waals surface area contributed by atoms with Gasteiger partial charge in [0.15, 0.2) is 26.6 Å². The van der Waals surface area contributed by atoms with Crippen molar-refractivity contribution >= 4 is 21.8 Å². The van der Waals surface area contributed by atoms with Crippen LogP contribution in [0.5, 0.6) is 11.5 Å². The third-order valence-electron chi connectivity index (χ3n) is 4.45. The fourth-order valence-corrected chi connectivity index (χ4v) is 3.20. The van der Waals surface area contributed by atoms with Crippen molar-refractivity contribution in [2.75, 3.05) is 14.2 Å². The Kier molecular flexibility index (Phi) is 7.17. The first-order chi connectivity index (χ1) is 12.7. The monoisotopic (exact) mass is 413 g/mol. The van der Waals surface area contributed by atoms with Gasteiger partial charge in [-0.1, -0.05) is 12.1 Å². The van der Waals surface area contributed by atoms with Gasteiger partial charge in [-0.2, -0.15) is 9.13 Å². The van der Waals surface area contributed by atoms with Crippen LogP contribution < -0.4 is 9.13 Å². The maximum atomic E-state index is 4.24. The normalized spacial score (nSPS) is 9.93. The van der Waals surface area contributed by atoms with Gasteiger partial charge in [-0.15, -0.1) is 0 Å². The van der Waals surface area contributed by atoms with E-state index in [1.807, 2.05) is 77.1 Å². The second-order valence-electron chi connectivity index (χ2n) is 6.12. The van der Waals surface area contributed by atoms with Crippen molar-refractivity contribution in [1.82, 2.24) is 0 Å². The van der Waals surface area contributed by atoms with E-state index in [4.69, 9.17) is 0 Å². The molecule has 0 amide bonds. The van der Waals surface area contributed by atoms with Gasteiger partial charge in [0.2, 0.25) is 0 Å². The number of aliphatic hydroxyl groups is 2. The summed E-state index contributed by atoms with van der Waals surface area (Å²) in [6, 6.07) is 20.6. The van der Waals surface area contributed by atoms with E-state index in [2.05, 4.69) is 42.9 Å². The summed E-state index contributed by atoms with van der Waals surface area (Å²) < 4.78 is 12.7. The van der Waals surface area contributed by atoms with Crippen LogP contribution in [0.25, 0.3) is 21.8 Å². The fraction of sp³-hybridized carbons (Fsp3) is 0.182. The van der Waals surface area contributed by atoms with E-state index in [0.29, 0.717) is 0 Å². The summed E-state index contributed by atoms with van der Waals surface area (Å²) in [6.07, 6.45) is 4.08. The van der Waals surface area contributed by atoms with Gasteiger partial charge in [0.25, 0.3) is 0 Å². The Morgan fingerprint density at radius 1 is 0.593 bits per heavy atom. The second kappa shape index (κ2) is 9.35. The molecule has 2 aromatic heterocycles. The Labute approximate surface area is 170 Å². The van der Waals surface area contributed by atoms with Crippen molar-refractivity contribution in [3.05, 3.63) is 73.1 Å². The largest absolute Gasteiger partial charge is 0.580 e. The fourth-order valence-electron chi connectivity index (χ4n) is 3.20. The Hall–Kier alpha value is -2.62. The van der Waals surface area contributed by atoms with Gasteiger partial charge in [0.1, 0.15) is 14.1 Å². The quantitative estimate of drug-likeness (QED) is 0.275. The van der Waals surface area contributed by atoms with Crippen LogP contribution in [0, 0.1) is 0 Å². The van der Waals surface area contributed by atoms with Crippen molar-refractivity contribution in [3.63, 3.8) is 0 Å². The van der Waals surface area contributed by atoms with E-state index in [9.17, 15) is 0 Å². The summed E-state index contributed by atoms with van der Waals surface area (Å²) in [5.74, 6) is 2.08. The number of hydrogen-bond acceptors (Lipinski definition) is 0. The average Bonchev–Trinajstić information content (AvgIpc) is 2.68. The molecule has 5 heteroatoms. The smallest absolute Gasteiger partial charge is 0.328 e. The molecule has 4 nitrogen and oxygen atoms in total. The molecule has 27 heavy (non-hydrogen) atoms. The number of aryl methyl sites for hydroxylation is 2. The summed E-state index contributed by atoms with van der Waals surface area (Å²) in [4.78, 5) is 0. The molecule has 0 atom stereocenters. The van der Waals surface area contributed by atoms with Crippen molar-refractivity contribution < 1.29 is 35.7 Å². The molecule has 0 aliphatic heterocycles. The average molecular weight is 414 g/mol. The zero-order valence-electron chi connectivity index (χ0n) is 16.0. The molecule has 0 aliphatic carbocycles. The molecule has 0 spiro atoms. The van der Waals surface area contributed by atoms with Crippen molar-refractivity contribution in [3.8, 4) is 11.5 Å². The second-order valence-corrected chi connectivity index (χ2v) is 6.12. The molecule has 0 bridgehead atoms. The maximum Gasteiger partial charge on any atom is 0.328 e.